The fourth-order valence-electron chi connectivity index (χ4n) is 5.24. The average molecular weight is 446 g/mol. The number of aryl methyl sites for hydroxylation is 2. The van der Waals surface area contributed by atoms with Crippen LogP contribution in [0.2, 0.25) is 0 Å². The quantitative estimate of drug-likeness (QED) is 0.673. The Balaban J connectivity index is 1.48. The number of nitrogens with zero attached hydrogens (tertiary/aromatic N) is 5. The first-order chi connectivity index (χ1) is 16.0. The van der Waals surface area contributed by atoms with Crippen LogP contribution in [-0.4, -0.2) is 63.8 Å². The van der Waals surface area contributed by atoms with Gasteiger partial charge in [-0.15, -0.1) is 0 Å². The van der Waals surface area contributed by atoms with E-state index in [1.807, 2.05) is 24.3 Å². The van der Waals surface area contributed by atoms with Crippen molar-refractivity contribution in [2.24, 2.45) is 0 Å². The molecule has 0 spiro atoms. The van der Waals surface area contributed by atoms with Gasteiger partial charge < -0.3 is 9.80 Å². The molecule has 0 bridgehead atoms. The summed E-state index contributed by atoms with van der Waals surface area (Å²) in [5.41, 5.74) is 4.29. The number of rotatable bonds is 4. The summed E-state index contributed by atoms with van der Waals surface area (Å²) in [5, 5.41) is 0. The second kappa shape index (κ2) is 8.96. The molecule has 172 valence electrons. The highest BCUT2D eigenvalue weighted by molar-refractivity contribution is 6.35. The van der Waals surface area contributed by atoms with E-state index in [1.54, 1.807) is 17.3 Å². The highest BCUT2D eigenvalue weighted by atomic mass is 16.2. The second-order valence-electron chi connectivity index (χ2n) is 9.32. The SMILES string of the molecule is Cc1ccc(C2=C(N3CCN(c4ncccn4)CC3)C(=O)N(C3CCCCC3)C2=O)cc1C. The third-order valence-electron chi connectivity index (χ3n) is 7.26. The number of anilines is 1. The van der Waals surface area contributed by atoms with E-state index in [1.165, 1.54) is 12.0 Å². The zero-order valence-corrected chi connectivity index (χ0v) is 19.5. The Kier molecular flexibility index (Phi) is 5.87. The second-order valence-corrected chi connectivity index (χ2v) is 9.32. The number of imide groups is 1. The molecule has 7 nitrogen and oxygen atoms in total. The van der Waals surface area contributed by atoms with Gasteiger partial charge in [0, 0.05) is 44.6 Å². The summed E-state index contributed by atoms with van der Waals surface area (Å²) in [5.74, 6) is 0.460. The van der Waals surface area contributed by atoms with Crippen molar-refractivity contribution in [1.29, 1.82) is 0 Å². The van der Waals surface area contributed by atoms with E-state index in [-0.39, 0.29) is 17.9 Å². The summed E-state index contributed by atoms with van der Waals surface area (Å²) < 4.78 is 0. The fourth-order valence-corrected chi connectivity index (χ4v) is 5.24. The average Bonchev–Trinajstić information content (AvgIpc) is 3.12. The van der Waals surface area contributed by atoms with E-state index >= 15 is 0 Å². The van der Waals surface area contributed by atoms with E-state index in [0.29, 0.717) is 43.4 Å². The molecule has 33 heavy (non-hydrogen) atoms. The Hall–Kier alpha value is -3.22. The molecule has 7 heteroatoms. The predicted octanol–water partition coefficient (Wildman–Crippen LogP) is 3.33. The van der Waals surface area contributed by atoms with Gasteiger partial charge in [-0.25, -0.2) is 9.97 Å². The van der Waals surface area contributed by atoms with Gasteiger partial charge in [-0.1, -0.05) is 37.5 Å². The lowest BCUT2D eigenvalue weighted by molar-refractivity contribution is -0.141. The predicted molar refractivity (Wildman–Crippen MR) is 127 cm³/mol. The number of amides is 2. The van der Waals surface area contributed by atoms with Gasteiger partial charge in [-0.2, -0.15) is 0 Å². The van der Waals surface area contributed by atoms with Gasteiger partial charge in [0.25, 0.3) is 11.8 Å². The first kappa shape index (κ1) is 21.6. The Morgan fingerprint density at radius 2 is 1.48 bits per heavy atom. The van der Waals surface area contributed by atoms with Gasteiger partial charge in [0.1, 0.15) is 5.70 Å². The Bertz CT molecular complexity index is 1080. The number of benzene rings is 1. The first-order valence-electron chi connectivity index (χ1n) is 12.0. The van der Waals surface area contributed by atoms with Gasteiger partial charge in [0.05, 0.1) is 5.57 Å². The molecule has 2 aromatic rings. The molecule has 1 aromatic carbocycles. The number of hydrogen-bond acceptors (Lipinski definition) is 6. The van der Waals surface area contributed by atoms with E-state index in [0.717, 1.165) is 36.8 Å². The van der Waals surface area contributed by atoms with Gasteiger partial charge in [0.15, 0.2) is 0 Å². The van der Waals surface area contributed by atoms with Crippen LogP contribution in [0.3, 0.4) is 0 Å². The minimum absolute atomic E-state index is 0.0109. The van der Waals surface area contributed by atoms with Crippen LogP contribution in [0.15, 0.2) is 42.4 Å². The van der Waals surface area contributed by atoms with E-state index in [2.05, 4.69) is 33.6 Å². The fraction of sp³-hybridized carbons (Fsp3) is 0.462. The largest absolute Gasteiger partial charge is 0.363 e. The summed E-state index contributed by atoms with van der Waals surface area (Å²) in [6.07, 6.45) is 8.64. The van der Waals surface area contributed by atoms with Crippen LogP contribution in [0.25, 0.3) is 5.57 Å². The number of carbonyl (C=O) groups is 2. The minimum Gasteiger partial charge on any atom is -0.363 e. The molecule has 0 unspecified atom stereocenters. The van der Waals surface area contributed by atoms with Crippen LogP contribution >= 0.6 is 0 Å². The molecule has 3 heterocycles. The molecule has 0 radical (unpaired) electrons. The molecule has 1 saturated carbocycles. The number of hydrogen-bond donors (Lipinski definition) is 0. The summed E-state index contributed by atoms with van der Waals surface area (Å²) in [4.78, 5) is 42.0. The minimum atomic E-state index is -0.126. The number of aromatic nitrogens is 2. The van der Waals surface area contributed by atoms with Crippen molar-refractivity contribution < 1.29 is 9.59 Å². The number of carbonyl (C=O) groups excluding carboxylic acids is 2. The Morgan fingerprint density at radius 3 is 2.15 bits per heavy atom. The van der Waals surface area contributed by atoms with Crippen molar-refractivity contribution in [1.82, 2.24) is 19.8 Å². The maximum Gasteiger partial charge on any atom is 0.278 e. The zero-order valence-electron chi connectivity index (χ0n) is 19.5. The number of piperazine rings is 1. The molecule has 5 rings (SSSR count). The molecule has 2 amide bonds. The molecule has 2 fully saturated rings. The Labute approximate surface area is 195 Å². The third-order valence-corrected chi connectivity index (χ3v) is 7.26. The van der Waals surface area contributed by atoms with Crippen molar-refractivity contribution in [3.05, 3.63) is 59.0 Å². The maximum atomic E-state index is 13.8. The lowest BCUT2D eigenvalue weighted by Gasteiger charge is -2.37. The van der Waals surface area contributed by atoms with Gasteiger partial charge >= 0.3 is 0 Å². The summed E-state index contributed by atoms with van der Waals surface area (Å²) in [6, 6.07) is 7.90. The molecular weight excluding hydrogens is 414 g/mol. The van der Waals surface area contributed by atoms with Crippen LogP contribution in [-0.2, 0) is 9.59 Å². The summed E-state index contributed by atoms with van der Waals surface area (Å²) in [7, 11) is 0. The third kappa shape index (κ3) is 4.01. The van der Waals surface area contributed by atoms with Crippen molar-refractivity contribution in [2.75, 3.05) is 31.1 Å². The molecular formula is C26H31N5O2. The van der Waals surface area contributed by atoms with Gasteiger partial charge in [0.2, 0.25) is 5.95 Å². The summed E-state index contributed by atoms with van der Waals surface area (Å²) in [6.45, 7) is 6.84. The summed E-state index contributed by atoms with van der Waals surface area (Å²) >= 11 is 0. The lowest BCUT2D eigenvalue weighted by Crippen LogP contribution is -2.49. The van der Waals surface area contributed by atoms with Crippen LogP contribution in [0.5, 0.6) is 0 Å². The van der Waals surface area contributed by atoms with Crippen molar-refractivity contribution in [2.45, 2.75) is 52.0 Å². The monoisotopic (exact) mass is 445 g/mol. The molecule has 1 aliphatic carbocycles. The molecule has 1 aromatic heterocycles. The topological polar surface area (TPSA) is 69.6 Å². The van der Waals surface area contributed by atoms with E-state index in [4.69, 9.17) is 0 Å². The molecule has 3 aliphatic rings. The highest BCUT2D eigenvalue weighted by Crippen LogP contribution is 2.37. The van der Waals surface area contributed by atoms with Gasteiger partial charge in [-0.05, 0) is 49.4 Å². The molecule has 1 saturated heterocycles. The smallest absolute Gasteiger partial charge is 0.278 e. The van der Waals surface area contributed by atoms with E-state index in [9.17, 15) is 9.59 Å². The van der Waals surface area contributed by atoms with E-state index < -0.39 is 0 Å². The maximum absolute atomic E-state index is 13.8. The normalized spacial score (nSPS) is 20.2. The van der Waals surface area contributed by atoms with Crippen molar-refractivity contribution >= 4 is 23.3 Å². The van der Waals surface area contributed by atoms with Crippen molar-refractivity contribution in [3.63, 3.8) is 0 Å². The Morgan fingerprint density at radius 1 is 0.818 bits per heavy atom. The molecule has 2 aliphatic heterocycles. The molecule has 0 N–H and O–H groups in total. The van der Waals surface area contributed by atoms with Crippen LogP contribution in [0, 0.1) is 13.8 Å². The van der Waals surface area contributed by atoms with Crippen LogP contribution in [0.1, 0.15) is 48.8 Å². The standard InChI is InChI=1S/C26H31N5O2/c1-18-9-10-20(17-19(18)2)22-23(25(33)31(24(22)32)21-7-4-3-5-8-21)29-13-15-30(16-14-29)26-27-11-6-12-28-26/h6,9-12,17,21H,3-5,7-8,13-16H2,1-2H3. The van der Waals surface area contributed by atoms with Crippen molar-refractivity contribution in [3.8, 4) is 0 Å². The zero-order chi connectivity index (χ0) is 22.9. The van der Waals surface area contributed by atoms with Crippen LogP contribution in [0.4, 0.5) is 5.95 Å². The van der Waals surface area contributed by atoms with Crippen LogP contribution < -0.4 is 4.90 Å². The lowest BCUT2D eigenvalue weighted by atomic mass is 9.94. The van der Waals surface area contributed by atoms with Gasteiger partial charge in [-0.3, -0.25) is 14.5 Å². The highest BCUT2D eigenvalue weighted by Gasteiger charge is 2.45. The molecule has 0 atom stereocenters. The first-order valence-corrected chi connectivity index (χ1v) is 12.0.